The molecule has 1 heterocycles. The molecule has 0 aliphatic rings. The summed E-state index contributed by atoms with van der Waals surface area (Å²) in [6.07, 6.45) is 0.0604. The van der Waals surface area contributed by atoms with E-state index in [4.69, 9.17) is 26.2 Å². The molecule has 3 amide bonds. The number of rotatable bonds is 10. The van der Waals surface area contributed by atoms with Crippen molar-refractivity contribution in [3.8, 4) is 0 Å². The third kappa shape index (κ3) is 6.55. The Kier molecular flexibility index (Phi) is 7.62. The summed E-state index contributed by atoms with van der Waals surface area (Å²) in [7, 11) is 0. The highest BCUT2D eigenvalue weighted by Gasteiger charge is 2.27. The van der Waals surface area contributed by atoms with Crippen molar-refractivity contribution < 1.29 is 29.1 Å². The first-order valence-corrected chi connectivity index (χ1v) is 8.62. The van der Waals surface area contributed by atoms with E-state index >= 15 is 0 Å². The molecule has 0 unspecified atom stereocenters. The van der Waals surface area contributed by atoms with Crippen LogP contribution in [-0.4, -0.2) is 50.9 Å². The Hall–Kier alpha value is -3.51. The van der Waals surface area contributed by atoms with E-state index in [9.17, 15) is 14.4 Å². The lowest BCUT2D eigenvalue weighted by atomic mass is 10.1. The molecule has 12 nitrogen and oxygen atoms in total. The number of primary amides is 1. The minimum absolute atomic E-state index is 0.117. The van der Waals surface area contributed by atoms with Crippen molar-refractivity contribution in [2.45, 2.75) is 31.0 Å². The van der Waals surface area contributed by atoms with Gasteiger partial charge in [0.15, 0.2) is 11.9 Å². The molecular formula is C17H22N6O6. The summed E-state index contributed by atoms with van der Waals surface area (Å²) in [5.41, 5.74) is 12.2. The number of aromatic nitrogens is 2. The monoisotopic (exact) mass is 406 g/mol. The molecule has 12 heteroatoms. The lowest BCUT2D eigenvalue weighted by molar-refractivity contribution is -0.140. The highest BCUT2D eigenvalue weighted by molar-refractivity contribution is 5.83. The number of nitrogens with two attached hydrogens (primary N) is 2. The minimum Gasteiger partial charge on any atom is -0.480 e. The molecule has 0 aliphatic heterocycles. The minimum atomic E-state index is -1.53. The summed E-state index contributed by atoms with van der Waals surface area (Å²) in [5, 5.41) is 26.0. The fourth-order valence-electron chi connectivity index (χ4n) is 2.44. The molecule has 0 bridgehead atoms. The SMILES string of the molecule is NC(=O)C[C@H](NC(=O)N[C@@H](CO)C(=O)O)c1nc([C@@H](N)Cc2ccccc2)no1. The predicted molar refractivity (Wildman–Crippen MR) is 98.1 cm³/mol. The molecule has 0 spiro atoms. The number of nitrogens with one attached hydrogen (secondary N) is 2. The smallest absolute Gasteiger partial charge is 0.328 e. The molecule has 0 saturated heterocycles. The van der Waals surface area contributed by atoms with Crippen LogP contribution in [0.25, 0.3) is 0 Å². The predicted octanol–water partition coefficient (Wildman–Crippen LogP) is -1.03. The molecular weight excluding hydrogens is 384 g/mol. The average Bonchev–Trinajstić information content (AvgIpc) is 3.16. The van der Waals surface area contributed by atoms with Crippen LogP contribution in [0.3, 0.4) is 0 Å². The van der Waals surface area contributed by atoms with Crippen LogP contribution in [0.2, 0.25) is 0 Å². The van der Waals surface area contributed by atoms with Gasteiger partial charge in [0.05, 0.1) is 19.1 Å². The number of hydrogen-bond donors (Lipinski definition) is 6. The van der Waals surface area contributed by atoms with Crippen LogP contribution in [0.5, 0.6) is 0 Å². The first kappa shape index (κ1) is 21.8. The Morgan fingerprint density at radius 3 is 2.45 bits per heavy atom. The molecule has 2 aromatic rings. The highest BCUT2D eigenvalue weighted by Crippen LogP contribution is 2.18. The lowest BCUT2D eigenvalue weighted by Gasteiger charge is -2.16. The molecule has 29 heavy (non-hydrogen) atoms. The van der Waals surface area contributed by atoms with Gasteiger partial charge < -0.3 is 36.8 Å². The van der Waals surface area contributed by atoms with Crippen LogP contribution in [0, 0.1) is 0 Å². The zero-order valence-electron chi connectivity index (χ0n) is 15.3. The fraction of sp³-hybridized carbons (Fsp3) is 0.353. The van der Waals surface area contributed by atoms with E-state index in [2.05, 4.69) is 15.5 Å². The van der Waals surface area contributed by atoms with Gasteiger partial charge in [-0.3, -0.25) is 4.79 Å². The van der Waals surface area contributed by atoms with E-state index in [1.807, 2.05) is 35.6 Å². The number of benzene rings is 1. The first-order valence-electron chi connectivity index (χ1n) is 8.62. The Balaban J connectivity index is 2.09. The van der Waals surface area contributed by atoms with Gasteiger partial charge in [-0.25, -0.2) is 9.59 Å². The van der Waals surface area contributed by atoms with Gasteiger partial charge in [-0.15, -0.1) is 0 Å². The second-order valence-corrected chi connectivity index (χ2v) is 6.20. The van der Waals surface area contributed by atoms with Gasteiger partial charge >= 0.3 is 12.0 Å². The van der Waals surface area contributed by atoms with Crippen LogP contribution in [-0.2, 0) is 16.0 Å². The molecule has 0 radical (unpaired) electrons. The number of amides is 3. The number of aliphatic carboxylic acids is 1. The summed E-state index contributed by atoms with van der Waals surface area (Å²) >= 11 is 0. The van der Waals surface area contributed by atoms with E-state index in [1.165, 1.54) is 0 Å². The van der Waals surface area contributed by atoms with Crippen LogP contribution in [0.15, 0.2) is 34.9 Å². The Morgan fingerprint density at radius 1 is 1.17 bits per heavy atom. The van der Waals surface area contributed by atoms with Crippen molar-refractivity contribution >= 4 is 17.9 Å². The van der Waals surface area contributed by atoms with E-state index < -0.39 is 42.6 Å². The molecule has 0 aliphatic carbocycles. The van der Waals surface area contributed by atoms with Gasteiger partial charge in [0, 0.05) is 0 Å². The summed E-state index contributed by atoms with van der Waals surface area (Å²) in [6.45, 7) is -0.817. The Labute approximate surface area is 165 Å². The van der Waals surface area contributed by atoms with Crippen molar-refractivity contribution in [1.82, 2.24) is 20.8 Å². The summed E-state index contributed by atoms with van der Waals surface area (Å²) in [4.78, 5) is 38.4. The van der Waals surface area contributed by atoms with E-state index in [1.54, 1.807) is 0 Å². The average molecular weight is 406 g/mol. The van der Waals surface area contributed by atoms with Crippen LogP contribution in [0.1, 0.15) is 35.8 Å². The number of aliphatic hydroxyl groups is 1. The summed E-state index contributed by atoms with van der Waals surface area (Å²) in [5.74, 6) is -2.14. The van der Waals surface area contributed by atoms with Gasteiger partial charge in [0.25, 0.3) is 0 Å². The van der Waals surface area contributed by atoms with Crippen molar-refractivity contribution in [2.24, 2.45) is 11.5 Å². The molecule has 8 N–H and O–H groups in total. The van der Waals surface area contributed by atoms with E-state index in [0.717, 1.165) is 5.56 Å². The number of carbonyl (C=O) groups is 3. The van der Waals surface area contributed by atoms with Gasteiger partial charge in [-0.1, -0.05) is 35.5 Å². The Morgan fingerprint density at radius 2 is 1.86 bits per heavy atom. The number of nitrogens with zero attached hydrogens (tertiary/aromatic N) is 2. The normalized spacial score (nSPS) is 13.9. The number of carboxylic acid groups (broad SMARTS) is 1. The molecule has 3 atom stereocenters. The zero-order chi connectivity index (χ0) is 21.4. The third-order valence-corrected chi connectivity index (χ3v) is 3.88. The number of urea groups is 1. The highest BCUT2D eigenvalue weighted by atomic mass is 16.5. The summed E-state index contributed by atoms with van der Waals surface area (Å²) < 4.78 is 5.11. The van der Waals surface area contributed by atoms with Crippen molar-refractivity contribution in [2.75, 3.05) is 6.61 Å². The quantitative estimate of drug-likeness (QED) is 0.285. The van der Waals surface area contributed by atoms with Crippen LogP contribution >= 0.6 is 0 Å². The van der Waals surface area contributed by atoms with Crippen LogP contribution in [0.4, 0.5) is 4.79 Å². The number of hydrogen-bond acceptors (Lipinski definition) is 8. The standard InChI is InChI=1S/C17H22N6O6/c18-10(6-9-4-2-1-3-5-9)14-22-15(29-23-14)11(7-13(19)25)20-17(28)21-12(8-24)16(26)27/h1-5,10-12,24H,6-8,18H2,(H2,19,25)(H,26,27)(H2,20,21,28)/t10-,11-,12-/m0/s1. The maximum atomic E-state index is 12.0. The van der Waals surface area contributed by atoms with Gasteiger partial charge in [-0.2, -0.15) is 4.98 Å². The second-order valence-electron chi connectivity index (χ2n) is 6.20. The Bertz CT molecular complexity index is 842. The zero-order valence-corrected chi connectivity index (χ0v) is 15.3. The van der Waals surface area contributed by atoms with Crippen LogP contribution < -0.4 is 22.1 Å². The van der Waals surface area contributed by atoms with E-state index in [-0.39, 0.29) is 18.1 Å². The maximum absolute atomic E-state index is 12.0. The summed E-state index contributed by atoms with van der Waals surface area (Å²) in [6, 6.07) is 5.20. The van der Waals surface area contributed by atoms with Crippen molar-refractivity contribution in [1.29, 1.82) is 0 Å². The first-order chi connectivity index (χ1) is 13.8. The largest absolute Gasteiger partial charge is 0.480 e. The fourth-order valence-corrected chi connectivity index (χ4v) is 2.44. The molecule has 156 valence electrons. The maximum Gasteiger partial charge on any atom is 0.328 e. The number of aliphatic hydroxyl groups excluding tert-OH is 1. The third-order valence-electron chi connectivity index (χ3n) is 3.88. The van der Waals surface area contributed by atoms with E-state index in [0.29, 0.717) is 6.42 Å². The van der Waals surface area contributed by atoms with Crippen molar-refractivity contribution in [3.05, 3.63) is 47.6 Å². The molecule has 0 fully saturated rings. The molecule has 2 rings (SSSR count). The lowest BCUT2D eigenvalue weighted by Crippen LogP contribution is -2.49. The van der Waals surface area contributed by atoms with Gasteiger partial charge in [0.1, 0.15) is 6.04 Å². The second kappa shape index (κ2) is 10.1. The molecule has 1 aromatic carbocycles. The van der Waals surface area contributed by atoms with Gasteiger partial charge in [-0.05, 0) is 12.0 Å². The number of carbonyl (C=O) groups excluding carboxylic acids is 2. The topological polar surface area (TPSA) is 207 Å². The molecule has 1 aromatic heterocycles. The number of carboxylic acids is 1. The van der Waals surface area contributed by atoms with Gasteiger partial charge in [0.2, 0.25) is 11.8 Å². The molecule has 0 saturated carbocycles. The van der Waals surface area contributed by atoms with Crippen molar-refractivity contribution in [3.63, 3.8) is 0 Å².